The van der Waals surface area contributed by atoms with Gasteiger partial charge < -0.3 is 10.4 Å². The number of amides is 1. The van der Waals surface area contributed by atoms with Gasteiger partial charge in [-0.05, 0) is 32.0 Å². The number of nitrogens with zero attached hydrogens (tertiary/aromatic N) is 1. The number of benzene rings is 1. The Morgan fingerprint density at radius 2 is 2.00 bits per heavy atom. The van der Waals surface area contributed by atoms with Crippen LogP contribution < -0.4 is 5.32 Å². The molecule has 4 nitrogen and oxygen atoms in total. The van der Waals surface area contributed by atoms with Crippen LogP contribution in [0.1, 0.15) is 40.3 Å². The molecule has 1 amide bonds. The third kappa shape index (κ3) is 4.03. The summed E-state index contributed by atoms with van der Waals surface area (Å²) in [5, 5.41) is 11.9. The first kappa shape index (κ1) is 17.3. The second-order valence-corrected chi connectivity index (χ2v) is 5.49. The topological polar surface area (TPSA) is 62.2 Å². The van der Waals surface area contributed by atoms with Gasteiger partial charge in [-0.2, -0.15) is 0 Å². The zero-order valence-corrected chi connectivity index (χ0v) is 13.3. The van der Waals surface area contributed by atoms with E-state index in [2.05, 4.69) is 10.3 Å². The third-order valence-corrected chi connectivity index (χ3v) is 3.63. The lowest BCUT2D eigenvalue weighted by atomic mass is 10.1. The van der Waals surface area contributed by atoms with Crippen LogP contribution in [-0.2, 0) is 6.54 Å². The maximum Gasteiger partial charge on any atom is 0.253 e. The maximum atomic E-state index is 13.2. The van der Waals surface area contributed by atoms with E-state index in [-0.39, 0.29) is 17.1 Å². The van der Waals surface area contributed by atoms with Crippen molar-refractivity contribution in [3.05, 3.63) is 63.4 Å². The number of hydrogen-bond donors (Lipinski definition) is 2. The highest BCUT2D eigenvalue weighted by molar-refractivity contribution is 6.33. The van der Waals surface area contributed by atoms with Crippen LogP contribution in [-0.4, -0.2) is 16.0 Å². The van der Waals surface area contributed by atoms with Crippen molar-refractivity contribution in [2.75, 3.05) is 0 Å². The summed E-state index contributed by atoms with van der Waals surface area (Å²) in [7, 11) is 0. The standard InChI is InChI=1S/C16H15ClF2N2O2/c1-8-11(9(2)22)4-3-10(21-8)7-20-16(23)12-5-14(18)15(19)6-13(12)17/h3-6,9,22H,7H2,1-2H3,(H,20,23)/t9-/m0/s1. The minimum atomic E-state index is -1.14. The Morgan fingerprint density at radius 1 is 1.35 bits per heavy atom. The summed E-state index contributed by atoms with van der Waals surface area (Å²) >= 11 is 5.75. The van der Waals surface area contributed by atoms with Gasteiger partial charge in [0.1, 0.15) is 0 Å². The molecule has 0 saturated carbocycles. The van der Waals surface area contributed by atoms with Crippen molar-refractivity contribution >= 4 is 17.5 Å². The SMILES string of the molecule is Cc1nc(CNC(=O)c2cc(F)c(F)cc2Cl)ccc1[C@H](C)O. The van der Waals surface area contributed by atoms with Gasteiger partial charge in [-0.1, -0.05) is 17.7 Å². The Hall–Kier alpha value is -2.05. The summed E-state index contributed by atoms with van der Waals surface area (Å²) in [4.78, 5) is 16.3. The number of aliphatic hydroxyl groups is 1. The second-order valence-electron chi connectivity index (χ2n) is 5.08. The molecule has 1 heterocycles. The van der Waals surface area contributed by atoms with Crippen molar-refractivity contribution in [2.24, 2.45) is 0 Å². The van der Waals surface area contributed by atoms with E-state index in [4.69, 9.17) is 11.6 Å². The van der Waals surface area contributed by atoms with Gasteiger partial charge in [0.15, 0.2) is 11.6 Å². The van der Waals surface area contributed by atoms with E-state index in [1.54, 1.807) is 26.0 Å². The summed E-state index contributed by atoms with van der Waals surface area (Å²) in [6, 6.07) is 4.90. The van der Waals surface area contributed by atoms with Crippen LogP contribution in [0.3, 0.4) is 0 Å². The van der Waals surface area contributed by atoms with Crippen molar-refractivity contribution in [1.29, 1.82) is 0 Å². The van der Waals surface area contributed by atoms with Gasteiger partial charge in [0.25, 0.3) is 5.91 Å². The molecule has 0 bridgehead atoms. The molecule has 2 rings (SSSR count). The van der Waals surface area contributed by atoms with Crippen LogP contribution in [0, 0.1) is 18.6 Å². The summed E-state index contributed by atoms with van der Waals surface area (Å²) < 4.78 is 26.2. The summed E-state index contributed by atoms with van der Waals surface area (Å²) in [6.45, 7) is 3.48. The first-order chi connectivity index (χ1) is 10.8. The van der Waals surface area contributed by atoms with Gasteiger partial charge in [-0.25, -0.2) is 8.78 Å². The van der Waals surface area contributed by atoms with E-state index in [1.807, 2.05) is 0 Å². The van der Waals surface area contributed by atoms with Crippen molar-refractivity contribution < 1.29 is 18.7 Å². The van der Waals surface area contributed by atoms with Crippen LogP contribution in [0.4, 0.5) is 8.78 Å². The van der Waals surface area contributed by atoms with E-state index < -0.39 is 23.6 Å². The van der Waals surface area contributed by atoms with Crippen LogP contribution in [0.2, 0.25) is 5.02 Å². The summed E-state index contributed by atoms with van der Waals surface area (Å²) in [6.07, 6.45) is -0.632. The zero-order chi connectivity index (χ0) is 17.1. The highest BCUT2D eigenvalue weighted by Gasteiger charge is 2.15. The largest absolute Gasteiger partial charge is 0.389 e. The number of aliphatic hydroxyl groups excluding tert-OH is 1. The Balaban J connectivity index is 2.11. The van der Waals surface area contributed by atoms with Gasteiger partial charge in [0.05, 0.1) is 28.9 Å². The molecule has 1 atom stereocenters. The molecule has 7 heteroatoms. The maximum absolute atomic E-state index is 13.2. The molecule has 0 spiro atoms. The fourth-order valence-corrected chi connectivity index (χ4v) is 2.36. The molecule has 0 fully saturated rings. The fraction of sp³-hybridized carbons (Fsp3) is 0.250. The first-order valence-corrected chi connectivity index (χ1v) is 7.24. The van der Waals surface area contributed by atoms with Gasteiger partial charge in [0.2, 0.25) is 0 Å². The minimum Gasteiger partial charge on any atom is -0.389 e. The van der Waals surface area contributed by atoms with Crippen molar-refractivity contribution in [3.63, 3.8) is 0 Å². The van der Waals surface area contributed by atoms with Crippen LogP contribution in [0.25, 0.3) is 0 Å². The molecular weight excluding hydrogens is 326 g/mol. The Labute approximate surface area is 137 Å². The average molecular weight is 341 g/mol. The van der Waals surface area contributed by atoms with Gasteiger partial charge in [-0.15, -0.1) is 0 Å². The zero-order valence-electron chi connectivity index (χ0n) is 12.5. The van der Waals surface area contributed by atoms with E-state index in [0.29, 0.717) is 17.0 Å². The predicted molar refractivity (Wildman–Crippen MR) is 82.1 cm³/mol. The number of aryl methyl sites for hydroxylation is 1. The first-order valence-electron chi connectivity index (χ1n) is 6.86. The molecule has 2 N–H and O–H groups in total. The molecule has 2 aromatic rings. The number of aromatic nitrogens is 1. The molecule has 0 aliphatic heterocycles. The van der Waals surface area contributed by atoms with Crippen molar-refractivity contribution in [3.8, 4) is 0 Å². The average Bonchev–Trinajstić information content (AvgIpc) is 2.48. The summed E-state index contributed by atoms with van der Waals surface area (Å²) in [5.41, 5.74) is 1.77. The van der Waals surface area contributed by atoms with E-state index in [9.17, 15) is 18.7 Å². The molecule has 0 aliphatic rings. The number of halogens is 3. The molecule has 23 heavy (non-hydrogen) atoms. The van der Waals surface area contributed by atoms with E-state index in [1.165, 1.54) is 0 Å². The highest BCUT2D eigenvalue weighted by Crippen LogP contribution is 2.20. The number of rotatable bonds is 4. The Morgan fingerprint density at radius 3 is 2.61 bits per heavy atom. The molecular formula is C16H15ClF2N2O2. The monoisotopic (exact) mass is 340 g/mol. The fourth-order valence-electron chi connectivity index (χ4n) is 2.13. The number of nitrogens with one attached hydrogen (secondary N) is 1. The van der Waals surface area contributed by atoms with Crippen LogP contribution >= 0.6 is 11.6 Å². The lowest BCUT2D eigenvalue weighted by Gasteiger charge is -2.11. The number of carbonyl (C=O) groups excluding carboxylic acids is 1. The van der Waals surface area contributed by atoms with Gasteiger partial charge >= 0.3 is 0 Å². The highest BCUT2D eigenvalue weighted by atomic mass is 35.5. The van der Waals surface area contributed by atoms with Crippen LogP contribution in [0.5, 0.6) is 0 Å². The lowest BCUT2D eigenvalue weighted by Crippen LogP contribution is -2.24. The number of hydrogen-bond acceptors (Lipinski definition) is 3. The molecule has 122 valence electrons. The second kappa shape index (κ2) is 7.02. The molecule has 1 aromatic heterocycles. The molecule has 0 aliphatic carbocycles. The van der Waals surface area contributed by atoms with Crippen molar-refractivity contribution in [1.82, 2.24) is 10.3 Å². The Kier molecular flexibility index (Phi) is 5.28. The quantitative estimate of drug-likeness (QED) is 0.839. The van der Waals surface area contributed by atoms with E-state index >= 15 is 0 Å². The van der Waals surface area contributed by atoms with Crippen LogP contribution in [0.15, 0.2) is 24.3 Å². The van der Waals surface area contributed by atoms with Gasteiger partial charge in [0, 0.05) is 11.3 Å². The normalized spacial score (nSPS) is 12.1. The number of pyridine rings is 1. The molecule has 0 unspecified atom stereocenters. The van der Waals surface area contributed by atoms with Crippen molar-refractivity contribution in [2.45, 2.75) is 26.5 Å². The summed E-state index contributed by atoms with van der Waals surface area (Å²) in [5.74, 6) is -2.89. The van der Waals surface area contributed by atoms with Gasteiger partial charge in [-0.3, -0.25) is 9.78 Å². The third-order valence-electron chi connectivity index (χ3n) is 3.32. The Bertz CT molecular complexity index is 751. The molecule has 0 radical (unpaired) electrons. The number of carbonyl (C=O) groups is 1. The predicted octanol–water partition coefficient (Wildman–Crippen LogP) is 3.30. The smallest absolute Gasteiger partial charge is 0.253 e. The van der Waals surface area contributed by atoms with E-state index in [0.717, 1.165) is 12.1 Å². The lowest BCUT2D eigenvalue weighted by molar-refractivity contribution is 0.0950. The molecule has 0 saturated heterocycles. The molecule has 1 aromatic carbocycles. The minimum absolute atomic E-state index is 0.0923.